The number of hydrogen-bond donors (Lipinski definition) is 0. The maximum atomic E-state index is 13.6. The Kier molecular flexibility index (Phi) is 5.72. The van der Waals surface area contributed by atoms with Crippen molar-refractivity contribution in [1.82, 2.24) is 0 Å². The summed E-state index contributed by atoms with van der Waals surface area (Å²) in [5.74, 6) is 0. The second-order valence-corrected chi connectivity index (χ2v) is 8.00. The molecule has 0 aliphatic rings. The van der Waals surface area contributed by atoms with Gasteiger partial charge in [-0.2, -0.15) is 17.7 Å². The largest absolute Gasteiger partial charge is 0.416 e. The van der Waals surface area contributed by atoms with E-state index in [-0.39, 0.29) is 0 Å². The molecule has 0 aliphatic heterocycles. The molecular weight excluding hydrogens is 431 g/mol. The molecule has 0 unspecified atom stereocenters. The van der Waals surface area contributed by atoms with Crippen LogP contribution in [0.25, 0.3) is 39.3 Å². The highest BCUT2D eigenvalue weighted by Crippen LogP contribution is 2.33. The fourth-order valence-electron chi connectivity index (χ4n) is 4.13. The van der Waals surface area contributed by atoms with Gasteiger partial charge in [0.15, 0.2) is 0 Å². The van der Waals surface area contributed by atoms with E-state index >= 15 is 0 Å². The molecule has 0 amide bonds. The zero-order valence-electron chi connectivity index (χ0n) is 18.2. The van der Waals surface area contributed by atoms with Crippen LogP contribution in [0.2, 0.25) is 0 Å². The molecule has 1 aromatic heterocycles. The Bertz CT molecular complexity index is 1350. The highest BCUT2D eigenvalue weighted by atomic mass is 19.4. The van der Waals surface area contributed by atoms with Crippen LogP contribution in [0.5, 0.6) is 0 Å². The second kappa shape index (κ2) is 8.99. The van der Waals surface area contributed by atoms with Crippen LogP contribution >= 0.6 is 0 Å². The number of hydrogen-bond acceptors (Lipinski definition) is 0. The van der Waals surface area contributed by atoms with Crippen molar-refractivity contribution in [3.8, 4) is 39.3 Å². The summed E-state index contributed by atoms with van der Waals surface area (Å²) in [5.41, 5.74) is 5.23. The van der Waals surface area contributed by atoms with E-state index in [1.807, 2.05) is 108 Å². The van der Waals surface area contributed by atoms with E-state index in [1.54, 1.807) is 6.07 Å². The predicted molar refractivity (Wildman–Crippen MR) is 129 cm³/mol. The quantitative estimate of drug-likeness (QED) is 0.243. The number of benzene rings is 4. The number of nitrogens with zero attached hydrogens (tertiary/aromatic N) is 1. The Morgan fingerprint density at radius 1 is 0.441 bits per heavy atom. The maximum Gasteiger partial charge on any atom is 0.416 e. The number of pyridine rings is 1. The first kappa shape index (κ1) is 21.7. The summed E-state index contributed by atoms with van der Waals surface area (Å²) >= 11 is 0. The van der Waals surface area contributed by atoms with Crippen molar-refractivity contribution in [1.29, 1.82) is 0 Å². The molecule has 0 fully saturated rings. The van der Waals surface area contributed by atoms with Gasteiger partial charge >= 0.3 is 6.18 Å². The molecule has 1 nitrogen and oxygen atoms in total. The summed E-state index contributed by atoms with van der Waals surface area (Å²) in [7, 11) is 0. The molecule has 5 aromatic rings. The molecule has 5 rings (SSSR count). The van der Waals surface area contributed by atoms with Gasteiger partial charge in [0.05, 0.1) is 5.56 Å². The molecule has 4 heteroatoms. The molecule has 0 saturated heterocycles. The molecule has 0 aliphatic carbocycles. The third-order valence-electron chi connectivity index (χ3n) is 5.74. The van der Waals surface area contributed by atoms with Gasteiger partial charge in [-0.25, -0.2) is 0 Å². The Labute approximate surface area is 196 Å². The van der Waals surface area contributed by atoms with Crippen molar-refractivity contribution in [2.75, 3.05) is 0 Å². The Balaban J connectivity index is 1.87. The van der Waals surface area contributed by atoms with Gasteiger partial charge in [-0.05, 0) is 41.5 Å². The van der Waals surface area contributed by atoms with E-state index < -0.39 is 11.7 Å². The van der Waals surface area contributed by atoms with Crippen LogP contribution in [-0.2, 0) is 6.18 Å². The summed E-state index contributed by atoms with van der Waals surface area (Å²) in [6.07, 6.45) is -4.43. The lowest BCUT2D eigenvalue weighted by molar-refractivity contribution is -0.572. The molecule has 1 heterocycles. The normalized spacial score (nSPS) is 11.4. The second-order valence-electron chi connectivity index (χ2n) is 8.00. The molecule has 0 bridgehead atoms. The molecule has 0 radical (unpaired) electrons. The topological polar surface area (TPSA) is 3.88 Å². The van der Waals surface area contributed by atoms with Gasteiger partial charge in [0.25, 0.3) is 0 Å². The first-order chi connectivity index (χ1) is 16.5. The number of alkyl halides is 3. The van der Waals surface area contributed by atoms with Crippen LogP contribution in [0.3, 0.4) is 0 Å². The summed E-state index contributed by atoms with van der Waals surface area (Å²) in [6, 6.07) is 39.1. The standard InChI is InChI=1S/C30H21F3N/c31-30(32,33)26-17-10-18-27(21-26)34-28(23-13-6-2-7-14-23)19-25(22-11-4-1-5-12-22)20-29(34)24-15-8-3-9-16-24/h1-21H/q+1. The van der Waals surface area contributed by atoms with E-state index in [1.165, 1.54) is 12.1 Å². The van der Waals surface area contributed by atoms with Crippen molar-refractivity contribution in [2.24, 2.45) is 0 Å². The van der Waals surface area contributed by atoms with Gasteiger partial charge in [-0.3, -0.25) is 0 Å². The summed E-state index contributed by atoms with van der Waals surface area (Å²) in [5, 5.41) is 0. The minimum Gasteiger partial charge on any atom is -0.166 e. The monoisotopic (exact) mass is 452 g/mol. The molecular formula is C30H21F3N+. The zero-order chi connectivity index (χ0) is 23.5. The third kappa shape index (κ3) is 4.35. The summed E-state index contributed by atoms with van der Waals surface area (Å²) in [4.78, 5) is 0. The van der Waals surface area contributed by atoms with Gasteiger partial charge in [-0.15, -0.1) is 0 Å². The smallest absolute Gasteiger partial charge is 0.166 e. The van der Waals surface area contributed by atoms with E-state index in [0.717, 1.165) is 39.7 Å². The summed E-state index contributed by atoms with van der Waals surface area (Å²) < 4.78 is 42.7. The van der Waals surface area contributed by atoms with Crippen LogP contribution in [0.15, 0.2) is 127 Å². The lowest BCUT2D eigenvalue weighted by Gasteiger charge is -2.13. The van der Waals surface area contributed by atoms with Gasteiger partial charge in [0, 0.05) is 35.4 Å². The van der Waals surface area contributed by atoms with Crippen molar-refractivity contribution >= 4 is 0 Å². The molecule has 0 spiro atoms. The average Bonchev–Trinajstić information content (AvgIpc) is 2.89. The Hall–Kier alpha value is -4.18. The van der Waals surface area contributed by atoms with Crippen LogP contribution in [0.4, 0.5) is 13.2 Å². The maximum absolute atomic E-state index is 13.6. The predicted octanol–water partition coefficient (Wildman–Crippen LogP) is 7.98. The van der Waals surface area contributed by atoms with Crippen LogP contribution in [0.1, 0.15) is 5.56 Å². The van der Waals surface area contributed by atoms with Gasteiger partial charge < -0.3 is 0 Å². The highest BCUT2D eigenvalue weighted by molar-refractivity contribution is 5.74. The van der Waals surface area contributed by atoms with Gasteiger partial charge in [-0.1, -0.05) is 72.8 Å². The highest BCUT2D eigenvalue weighted by Gasteiger charge is 2.33. The lowest BCUT2D eigenvalue weighted by atomic mass is 9.98. The number of halogens is 3. The lowest BCUT2D eigenvalue weighted by Crippen LogP contribution is -2.36. The van der Waals surface area contributed by atoms with Crippen LogP contribution in [0, 0.1) is 0 Å². The average molecular weight is 452 g/mol. The molecule has 4 aromatic carbocycles. The minimum absolute atomic E-state index is 0.451. The Morgan fingerprint density at radius 3 is 1.38 bits per heavy atom. The molecule has 34 heavy (non-hydrogen) atoms. The number of rotatable bonds is 4. The minimum atomic E-state index is -4.43. The van der Waals surface area contributed by atoms with Crippen molar-refractivity contribution < 1.29 is 17.7 Å². The molecule has 166 valence electrons. The fraction of sp³-hybridized carbons (Fsp3) is 0.0333. The van der Waals surface area contributed by atoms with Crippen molar-refractivity contribution in [2.45, 2.75) is 6.18 Å². The van der Waals surface area contributed by atoms with Gasteiger partial charge in [0.2, 0.25) is 17.1 Å². The molecule has 0 N–H and O–H groups in total. The van der Waals surface area contributed by atoms with E-state index in [4.69, 9.17) is 0 Å². The van der Waals surface area contributed by atoms with E-state index in [0.29, 0.717) is 5.69 Å². The molecule has 0 saturated carbocycles. The van der Waals surface area contributed by atoms with Crippen LogP contribution < -0.4 is 4.57 Å². The zero-order valence-corrected chi connectivity index (χ0v) is 18.2. The Morgan fingerprint density at radius 2 is 0.912 bits per heavy atom. The van der Waals surface area contributed by atoms with Crippen molar-refractivity contribution in [3.05, 3.63) is 133 Å². The van der Waals surface area contributed by atoms with Crippen molar-refractivity contribution in [3.63, 3.8) is 0 Å². The SMILES string of the molecule is FC(F)(F)c1cccc(-[n+]2c(-c3ccccc3)cc(-c3ccccc3)cc2-c2ccccc2)c1. The van der Waals surface area contributed by atoms with E-state index in [2.05, 4.69) is 0 Å². The fourth-order valence-corrected chi connectivity index (χ4v) is 4.13. The first-order valence-corrected chi connectivity index (χ1v) is 10.9. The van der Waals surface area contributed by atoms with E-state index in [9.17, 15) is 13.2 Å². The summed E-state index contributed by atoms with van der Waals surface area (Å²) in [6.45, 7) is 0. The van der Waals surface area contributed by atoms with Crippen LogP contribution in [-0.4, -0.2) is 0 Å². The van der Waals surface area contributed by atoms with Gasteiger partial charge in [0.1, 0.15) is 0 Å². The molecule has 0 atom stereocenters. The number of aromatic nitrogens is 1. The third-order valence-corrected chi connectivity index (χ3v) is 5.74. The first-order valence-electron chi connectivity index (χ1n) is 10.9.